The van der Waals surface area contributed by atoms with E-state index in [0.717, 1.165) is 19.4 Å². The maximum atomic E-state index is 5.65. The Kier molecular flexibility index (Phi) is 3.25. The van der Waals surface area contributed by atoms with Crippen molar-refractivity contribution in [2.45, 2.75) is 51.8 Å². The molecule has 0 spiro atoms. The first-order chi connectivity index (χ1) is 7.60. The van der Waals surface area contributed by atoms with Gasteiger partial charge in [0.1, 0.15) is 5.60 Å². The van der Waals surface area contributed by atoms with Crippen LogP contribution in [0.2, 0.25) is 0 Å². The van der Waals surface area contributed by atoms with Crippen LogP contribution in [0, 0.1) is 0 Å². The van der Waals surface area contributed by atoms with E-state index < -0.39 is 0 Å². The molecule has 2 heterocycles. The summed E-state index contributed by atoms with van der Waals surface area (Å²) in [4.78, 5) is 4.37. The SMILES string of the molecule is CC(C)NCc1noc(C2(C)CCCO2)n1. The summed E-state index contributed by atoms with van der Waals surface area (Å²) in [5, 5.41) is 7.20. The van der Waals surface area contributed by atoms with Crippen molar-refractivity contribution in [3.8, 4) is 0 Å². The van der Waals surface area contributed by atoms with Crippen LogP contribution in [0.25, 0.3) is 0 Å². The van der Waals surface area contributed by atoms with E-state index in [0.29, 0.717) is 24.3 Å². The van der Waals surface area contributed by atoms with Crippen molar-refractivity contribution in [1.29, 1.82) is 0 Å². The summed E-state index contributed by atoms with van der Waals surface area (Å²) >= 11 is 0. The van der Waals surface area contributed by atoms with Crippen LogP contribution in [0.15, 0.2) is 4.52 Å². The van der Waals surface area contributed by atoms with Crippen LogP contribution in [0.4, 0.5) is 0 Å². The summed E-state index contributed by atoms with van der Waals surface area (Å²) < 4.78 is 10.9. The third kappa shape index (κ3) is 2.41. The van der Waals surface area contributed by atoms with E-state index in [4.69, 9.17) is 9.26 Å². The molecule has 90 valence electrons. The summed E-state index contributed by atoms with van der Waals surface area (Å²) in [5.74, 6) is 1.30. The van der Waals surface area contributed by atoms with Crippen LogP contribution in [0.3, 0.4) is 0 Å². The first-order valence-electron chi connectivity index (χ1n) is 5.80. The molecule has 0 radical (unpaired) electrons. The lowest BCUT2D eigenvalue weighted by atomic mass is 10.0. The topological polar surface area (TPSA) is 60.2 Å². The van der Waals surface area contributed by atoms with Gasteiger partial charge in [-0.2, -0.15) is 4.98 Å². The summed E-state index contributed by atoms with van der Waals surface area (Å²) in [5.41, 5.74) is -0.372. The molecule has 1 aromatic heterocycles. The van der Waals surface area contributed by atoms with Crippen LogP contribution >= 0.6 is 0 Å². The number of aromatic nitrogens is 2. The normalized spacial score (nSPS) is 25.5. The fourth-order valence-electron chi connectivity index (χ4n) is 1.78. The van der Waals surface area contributed by atoms with E-state index in [1.165, 1.54) is 0 Å². The quantitative estimate of drug-likeness (QED) is 0.843. The van der Waals surface area contributed by atoms with Gasteiger partial charge in [-0.1, -0.05) is 19.0 Å². The van der Waals surface area contributed by atoms with Crippen molar-refractivity contribution in [2.24, 2.45) is 0 Å². The number of hydrogen-bond donors (Lipinski definition) is 1. The highest BCUT2D eigenvalue weighted by molar-refractivity contribution is 4.99. The molecule has 1 aliphatic rings. The predicted molar refractivity (Wildman–Crippen MR) is 58.8 cm³/mol. The molecule has 1 unspecified atom stereocenters. The molecular weight excluding hydrogens is 206 g/mol. The van der Waals surface area contributed by atoms with Gasteiger partial charge < -0.3 is 14.6 Å². The standard InChI is InChI=1S/C11H19N3O2/c1-8(2)12-7-9-13-10(16-14-9)11(3)5-4-6-15-11/h8,12H,4-7H2,1-3H3. The van der Waals surface area contributed by atoms with Gasteiger partial charge in [0.2, 0.25) is 0 Å². The molecule has 1 aliphatic heterocycles. The minimum absolute atomic E-state index is 0.372. The van der Waals surface area contributed by atoms with Crippen molar-refractivity contribution in [3.63, 3.8) is 0 Å². The van der Waals surface area contributed by atoms with Crippen molar-refractivity contribution >= 4 is 0 Å². The molecule has 1 atom stereocenters. The Hall–Kier alpha value is -0.940. The van der Waals surface area contributed by atoms with E-state index in [1.807, 2.05) is 6.92 Å². The number of nitrogens with one attached hydrogen (secondary N) is 1. The average molecular weight is 225 g/mol. The molecule has 0 saturated carbocycles. The first-order valence-corrected chi connectivity index (χ1v) is 5.80. The summed E-state index contributed by atoms with van der Waals surface area (Å²) in [6, 6.07) is 0.417. The van der Waals surface area contributed by atoms with Crippen LogP contribution in [0.5, 0.6) is 0 Å². The fourth-order valence-corrected chi connectivity index (χ4v) is 1.78. The van der Waals surface area contributed by atoms with Crippen molar-refractivity contribution in [2.75, 3.05) is 6.61 Å². The number of nitrogens with zero attached hydrogens (tertiary/aromatic N) is 2. The van der Waals surface area contributed by atoms with Crippen molar-refractivity contribution < 1.29 is 9.26 Å². The third-order valence-electron chi connectivity index (χ3n) is 2.81. The zero-order chi connectivity index (χ0) is 11.6. The highest BCUT2D eigenvalue weighted by atomic mass is 16.5. The van der Waals surface area contributed by atoms with Crippen LogP contribution in [-0.2, 0) is 16.9 Å². The van der Waals surface area contributed by atoms with Crippen molar-refractivity contribution in [1.82, 2.24) is 15.5 Å². The molecule has 5 nitrogen and oxygen atoms in total. The predicted octanol–water partition coefficient (Wildman–Crippen LogP) is 1.59. The Morgan fingerprint density at radius 1 is 1.50 bits per heavy atom. The molecule has 16 heavy (non-hydrogen) atoms. The summed E-state index contributed by atoms with van der Waals surface area (Å²) in [6.07, 6.45) is 2.00. The Balaban J connectivity index is 2.01. The van der Waals surface area contributed by atoms with Gasteiger partial charge in [0.15, 0.2) is 5.82 Å². The summed E-state index contributed by atoms with van der Waals surface area (Å²) in [6.45, 7) is 7.59. The Labute approximate surface area is 95.6 Å². The molecule has 2 rings (SSSR count). The maximum absolute atomic E-state index is 5.65. The molecule has 1 saturated heterocycles. The van der Waals surface area contributed by atoms with Crippen LogP contribution in [-0.4, -0.2) is 22.8 Å². The van der Waals surface area contributed by atoms with E-state index in [1.54, 1.807) is 0 Å². The summed E-state index contributed by atoms with van der Waals surface area (Å²) in [7, 11) is 0. The lowest BCUT2D eigenvalue weighted by Gasteiger charge is -2.16. The smallest absolute Gasteiger partial charge is 0.258 e. The molecule has 0 aliphatic carbocycles. The van der Waals surface area contributed by atoms with Gasteiger partial charge in [-0.3, -0.25) is 0 Å². The zero-order valence-electron chi connectivity index (χ0n) is 10.1. The highest BCUT2D eigenvalue weighted by Crippen LogP contribution is 2.34. The van der Waals surface area contributed by atoms with Crippen molar-refractivity contribution in [3.05, 3.63) is 11.7 Å². The minimum Gasteiger partial charge on any atom is -0.365 e. The van der Waals surface area contributed by atoms with Gasteiger partial charge in [0.05, 0.1) is 6.54 Å². The van der Waals surface area contributed by atoms with Crippen LogP contribution in [0.1, 0.15) is 45.3 Å². The highest BCUT2D eigenvalue weighted by Gasteiger charge is 2.37. The molecule has 1 fully saturated rings. The van der Waals surface area contributed by atoms with Gasteiger partial charge in [0.25, 0.3) is 5.89 Å². The lowest BCUT2D eigenvalue weighted by Crippen LogP contribution is -2.23. The Morgan fingerprint density at radius 2 is 2.31 bits per heavy atom. The third-order valence-corrected chi connectivity index (χ3v) is 2.81. The fraction of sp³-hybridized carbons (Fsp3) is 0.818. The monoisotopic (exact) mass is 225 g/mol. The molecule has 0 amide bonds. The van der Waals surface area contributed by atoms with Gasteiger partial charge >= 0.3 is 0 Å². The number of hydrogen-bond acceptors (Lipinski definition) is 5. The minimum atomic E-state index is -0.372. The molecule has 0 aromatic carbocycles. The van der Waals surface area contributed by atoms with E-state index in [-0.39, 0.29) is 5.60 Å². The van der Waals surface area contributed by atoms with Gasteiger partial charge in [-0.05, 0) is 19.8 Å². The molecule has 0 bridgehead atoms. The maximum Gasteiger partial charge on any atom is 0.258 e. The zero-order valence-corrected chi connectivity index (χ0v) is 10.1. The second-order valence-corrected chi connectivity index (χ2v) is 4.73. The second-order valence-electron chi connectivity index (χ2n) is 4.73. The van der Waals surface area contributed by atoms with E-state index in [2.05, 4.69) is 29.3 Å². The molecule has 5 heteroatoms. The number of rotatable bonds is 4. The average Bonchev–Trinajstić information content (AvgIpc) is 2.84. The lowest BCUT2D eigenvalue weighted by molar-refractivity contribution is -0.00937. The molecular formula is C11H19N3O2. The van der Waals surface area contributed by atoms with Gasteiger partial charge in [-0.25, -0.2) is 0 Å². The molecule has 1 N–H and O–H groups in total. The van der Waals surface area contributed by atoms with E-state index in [9.17, 15) is 0 Å². The Bertz CT molecular complexity index is 343. The second kappa shape index (κ2) is 4.51. The van der Waals surface area contributed by atoms with Crippen LogP contribution < -0.4 is 5.32 Å². The van der Waals surface area contributed by atoms with Gasteiger partial charge in [-0.15, -0.1) is 0 Å². The largest absolute Gasteiger partial charge is 0.365 e. The first kappa shape index (κ1) is 11.5. The van der Waals surface area contributed by atoms with E-state index >= 15 is 0 Å². The number of ether oxygens (including phenoxy) is 1. The van der Waals surface area contributed by atoms with Gasteiger partial charge in [0, 0.05) is 12.6 Å². The Morgan fingerprint density at radius 3 is 2.94 bits per heavy atom. The molecule has 1 aromatic rings.